The lowest BCUT2D eigenvalue weighted by Crippen LogP contribution is -2.48. The number of piperazine rings is 1. The molecule has 0 radical (unpaired) electrons. The third kappa shape index (κ3) is 5.10. The Hall–Kier alpha value is -3.56. The van der Waals surface area contributed by atoms with Gasteiger partial charge in [0.25, 0.3) is 0 Å². The van der Waals surface area contributed by atoms with E-state index in [0.29, 0.717) is 37.8 Å². The number of aromatic nitrogens is 3. The summed E-state index contributed by atoms with van der Waals surface area (Å²) in [7, 11) is 0. The van der Waals surface area contributed by atoms with E-state index in [0.717, 1.165) is 29.2 Å². The molecule has 33 heavy (non-hydrogen) atoms. The van der Waals surface area contributed by atoms with Gasteiger partial charge in [0.15, 0.2) is 5.82 Å². The van der Waals surface area contributed by atoms with Crippen molar-refractivity contribution in [1.82, 2.24) is 19.7 Å². The number of hydrogen-bond acceptors (Lipinski definition) is 5. The quantitative estimate of drug-likeness (QED) is 0.631. The molecule has 10 heteroatoms. The molecular weight excluding hydrogens is 433 g/mol. The van der Waals surface area contributed by atoms with E-state index < -0.39 is 11.7 Å². The molecule has 0 atom stereocenters. The molecule has 0 unspecified atom stereocenters. The first-order chi connectivity index (χ1) is 15.6. The summed E-state index contributed by atoms with van der Waals surface area (Å²) < 4.78 is 41.1. The highest BCUT2D eigenvalue weighted by molar-refractivity contribution is 5.73. The van der Waals surface area contributed by atoms with Crippen molar-refractivity contribution in [3.63, 3.8) is 0 Å². The van der Waals surface area contributed by atoms with Crippen molar-refractivity contribution in [2.75, 3.05) is 36.4 Å². The van der Waals surface area contributed by atoms with E-state index >= 15 is 0 Å². The average molecular weight is 458 g/mol. The molecule has 1 saturated heterocycles. The Morgan fingerprint density at radius 2 is 1.76 bits per heavy atom. The van der Waals surface area contributed by atoms with Gasteiger partial charge in [-0.1, -0.05) is 6.07 Å². The van der Waals surface area contributed by atoms with Crippen molar-refractivity contribution in [2.24, 2.45) is 0 Å². The molecule has 1 aliphatic heterocycles. The maximum absolute atomic E-state index is 13.1. The van der Waals surface area contributed by atoms with Gasteiger partial charge in [-0.2, -0.15) is 18.3 Å². The van der Waals surface area contributed by atoms with E-state index in [9.17, 15) is 18.0 Å². The molecule has 0 aliphatic carbocycles. The van der Waals surface area contributed by atoms with Crippen LogP contribution in [0.2, 0.25) is 0 Å². The van der Waals surface area contributed by atoms with Crippen molar-refractivity contribution < 1.29 is 18.0 Å². The van der Waals surface area contributed by atoms with Crippen molar-refractivity contribution >= 4 is 23.1 Å². The molecule has 2 aromatic heterocycles. The fraction of sp³-hybridized carbons (Fsp3) is 0.348. The van der Waals surface area contributed by atoms with Crippen LogP contribution in [0.1, 0.15) is 23.9 Å². The highest BCUT2D eigenvalue weighted by Gasteiger charge is 2.30. The molecule has 7 nitrogen and oxygen atoms in total. The minimum absolute atomic E-state index is 0.0413. The molecule has 1 amide bonds. The molecular formula is C23H25F3N6O. The molecule has 174 valence electrons. The van der Waals surface area contributed by atoms with Crippen LogP contribution in [0.15, 0.2) is 42.5 Å². The zero-order valence-electron chi connectivity index (χ0n) is 18.6. The molecule has 1 aromatic carbocycles. The number of alkyl halides is 3. The standard InChI is InChI=1S/C23H25F3N6O/c1-15-11-16(2)32(29-15)22-14-20(31-9-7-30(8-10-31)17(3)33)13-21(28-22)27-19-6-4-5-18(12-19)23(24,25)26/h4-6,11-14H,7-10H2,1-3H3,(H,27,28). The zero-order valence-corrected chi connectivity index (χ0v) is 18.6. The van der Waals surface area contributed by atoms with E-state index in [1.165, 1.54) is 6.07 Å². The summed E-state index contributed by atoms with van der Waals surface area (Å²) in [5.41, 5.74) is 2.13. The number of rotatable bonds is 4. The summed E-state index contributed by atoms with van der Waals surface area (Å²) in [5.74, 6) is 1.00. The number of amides is 1. The second-order valence-electron chi connectivity index (χ2n) is 8.10. The third-order valence-corrected chi connectivity index (χ3v) is 5.58. The van der Waals surface area contributed by atoms with E-state index in [1.807, 2.05) is 26.0 Å². The number of carbonyl (C=O) groups is 1. The molecule has 1 fully saturated rings. The number of aryl methyl sites for hydroxylation is 2. The normalized spacial score (nSPS) is 14.5. The number of nitrogens with one attached hydrogen (secondary N) is 1. The minimum atomic E-state index is -4.43. The lowest BCUT2D eigenvalue weighted by atomic mass is 10.2. The summed E-state index contributed by atoms with van der Waals surface area (Å²) >= 11 is 0. The first-order valence-electron chi connectivity index (χ1n) is 10.6. The molecule has 0 bridgehead atoms. The monoisotopic (exact) mass is 458 g/mol. The molecule has 1 N–H and O–H groups in total. The van der Waals surface area contributed by atoms with Gasteiger partial charge in [-0.05, 0) is 38.1 Å². The van der Waals surface area contributed by atoms with E-state index in [4.69, 9.17) is 0 Å². The fourth-order valence-corrected chi connectivity index (χ4v) is 3.92. The maximum Gasteiger partial charge on any atom is 0.416 e. The Morgan fingerprint density at radius 3 is 2.36 bits per heavy atom. The summed E-state index contributed by atoms with van der Waals surface area (Å²) in [6.07, 6.45) is -4.43. The number of nitrogens with zero attached hydrogens (tertiary/aromatic N) is 5. The topological polar surface area (TPSA) is 66.3 Å². The SMILES string of the molecule is CC(=O)N1CCN(c2cc(Nc3cccc(C(F)(F)F)c3)nc(-n3nc(C)cc3C)c2)CC1. The van der Waals surface area contributed by atoms with Crippen LogP contribution in [0.3, 0.4) is 0 Å². The van der Waals surface area contributed by atoms with Crippen LogP contribution in [0.5, 0.6) is 0 Å². The van der Waals surface area contributed by atoms with Gasteiger partial charge in [-0.25, -0.2) is 9.67 Å². The van der Waals surface area contributed by atoms with Gasteiger partial charge in [-0.15, -0.1) is 0 Å². The summed E-state index contributed by atoms with van der Waals surface area (Å²) in [6.45, 7) is 7.84. The highest BCUT2D eigenvalue weighted by Crippen LogP contribution is 2.32. The first kappa shape index (κ1) is 22.6. The zero-order chi connectivity index (χ0) is 23.8. The van der Waals surface area contributed by atoms with Crippen LogP contribution < -0.4 is 10.2 Å². The summed E-state index contributed by atoms with van der Waals surface area (Å²) in [4.78, 5) is 20.2. The molecule has 4 rings (SSSR count). The summed E-state index contributed by atoms with van der Waals surface area (Å²) in [6, 6.07) is 10.7. The predicted molar refractivity (Wildman–Crippen MR) is 120 cm³/mol. The van der Waals surface area contributed by atoms with Crippen LogP contribution >= 0.6 is 0 Å². The van der Waals surface area contributed by atoms with E-state index in [2.05, 4.69) is 20.3 Å². The van der Waals surface area contributed by atoms with Gasteiger partial charge in [0, 0.05) is 62.3 Å². The second kappa shape index (κ2) is 8.76. The largest absolute Gasteiger partial charge is 0.416 e. The molecule has 0 saturated carbocycles. The van der Waals surface area contributed by atoms with Gasteiger partial charge >= 0.3 is 6.18 Å². The third-order valence-electron chi connectivity index (χ3n) is 5.58. The van der Waals surface area contributed by atoms with Gasteiger partial charge in [0.05, 0.1) is 11.3 Å². The number of pyridine rings is 1. The molecule has 0 spiro atoms. The van der Waals surface area contributed by atoms with E-state index in [1.54, 1.807) is 28.6 Å². The van der Waals surface area contributed by atoms with Gasteiger partial charge in [0.2, 0.25) is 5.91 Å². The number of anilines is 3. The van der Waals surface area contributed by atoms with Gasteiger partial charge in [-0.3, -0.25) is 4.79 Å². The minimum Gasteiger partial charge on any atom is -0.368 e. The Morgan fingerprint density at radius 1 is 1.03 bits per heavy atom. The number of benzene rings is 1. The average Bonchev–Trinajstić information content (AvgIpc) is 3.11. The lowest BCUT2D eigenvalue weighted by Gasteiger charge is -2.35. The molecule has 3 heterocycles. The Kier molecular flexibility index (Phi) is 6.01. The van der Waals surface area contributed by atoms with Crippen LogP contribution in [0, 0.1) is 13.8 Å². The second-order valence-corrected chi connectivity index (χ2v) is 8.10. The van der Waals surface area contributed by atoms with Crippen LogP contribution in [-0.4, -0.2) is 51.8 Å². The molecule has 1 aliphatic rings. The van der Waals surface area contributed by atoms with Crippen molar-refractivity contribution in [3.05, 3.63) is 59.4 Å². The van der Waals surface area contributed by atoms with Crippen molar-refractivity contribution in [1.29, 1.82) is 0 Å². The highest BCUT2D eigenvalue weighted by atomic mass is 19.4. The Balaban J connectivity index is 1.69. The number of halogens is 3. The van der Waals surface area contributed by atoms with E-state index in [-0.39, 0.29) is 11.6 Å². The Labute approximate surface area is 189 Å². The smallest absolute Gasteiger partial charge is 0.368 e. The first-order valence-corrected chi connectivity index (χ1v) is 10.6. The van der Waals surface area contributed by atoms with Crippen LogP contribution in [0.4, 0.5) is 30.4 Å². The van der Waals surface area contributed by atoms with Crippen LogP contribution in [0.25, 0.3) is 5.82 Å². The van der Waals surface area contributed by atoms with Crippen molar-refractivity contribution in [3.8, 4) is 5.82 Å². The lowest BCUT2D eigenvalue weighted by molar-refractivity contribution is -0.137. The number of carbonyl (C=O) groups excluding carboxylic acids is 1. The van der Waals surface area contributed by atoms with Gasteiger partial charge < -0.3 is 15.1 Å². The summed E-state index contributed by atoms with van der Waals surface area (Å²) in [5, 5.41) is 7.52. The fourth-order valence-electron chi connectivity index (χ4n) is 3.92. The van der Waals surface area contributed by atoms with Crippen LogP contribution in [-0.2, 0) is 11.0 Å². The van der Waals surface area contributed by atoms with Crippen molar-refractivity contribution in [2.45, 2.75) is 26.9 Å². The van der Waals surface area contributed by atoms with Gasteiger partial charge in [0.1, 0.15) is 5.82 Å². The maximum atomic E-state index is 13.1. The number of hydrogen-bond donors (Lipinski definition) is 1. The Bertz CT molecular complexity index is 1170. The molecule has 3 aromatic rings. The predicted octanol–water partition coefficient (Wildman–Crippen LogP) is 4.32.